The Morgan fingerprint density at radius 2 is 1.27 bits per heavy atom. The molecule has 40 heavy (non-hydrogen) atoms. The second-order valence-corrected chi connectivity index (χ2v) is 9.99. The molecule has 2 heterocycles. The van der Waals surface area contributed by atoms with Crippen LogP contribution in [0.25, 0.3) is 49.7 Å². The second-order valence-electron chi connectivity index (χ2n) is 9.99. The number of aromatic nitrogens is 2. The maximum Gasteiger partial charge on any atom is 0.353 e. The van der Waals surface area contributed by atoms with Crippen molar-refractivity contribution in [2.45, 2.75) is 6.54 Å². The van der Waals surface area contributed by atoms with Gasteiger partial charge in [0.1, 0.15) is 5.69 Å². The Balaban J connectivity index is 1.40. The standard InChI is InChI=1S/C36H26N2O2/c39-36(40)35-34(29-12-5-2-6-13-29)31-23-30(37-22-21-28-11-7-8-14-32(28)37)19-20-33(31)38(35)24-25-15-17-27(18-16-25)26-9-3-1-4-10-26/h1-23H,24H2,(H,39,40). The number of aromatic carboxylic acids is 1. The minimum atomic E-state index is -0.941. The third kappa shape index (κ3) is 4.07. The normalized spacial score (nSPS) is 11.3. The van der Waals surface area contributed by atoms with Gasteiger partial charge in [-0.05, 0) is 58.0 Å². The van der Waals surface area contributed by atoms with E-state index in [-0.39, 0.29) is 0 Å². The highest BCUT2D eigenvalue weighted by atomic mass is 16.4. The Labute approximate surface area is 232 Å². The number of benzene rings is 5. The van der Waals surface area contributed by atoms with Gasteiger partial charge in [-0.2, -0.15) is 0 Å². The lowest BCUT2D eigenvalue weighted by molar-refractivity contribution is 0.0687. The molecule has 7 rings (SSSR count). The quantitative estimate of drug-likeness (QED) is 0.239. The Hall–Kier alpha value is -5.35. The van der Waals surface area contributed by atoms with E-state index in [2.05, 4.69) is 83.6 Å². The maximum absolute atomic E-state index is 12.9. The van der Waals surface area contributed by atoms with Crippen LogP contribution < -0.4 is 0 Å². The van der Waals surface area contributed by atoms with Gasteiger partial charge in [-0.1, -0.05) is 103 Å². The van der Waals surface area contributed by atoms with E-state index in [0.717, 1.165) is 55.3 Å². The molecule has 0 saturated heterocycles. The molecule has 5 aromatic carbocycles. The van der Waals surface area contributed by atoms with Crippen molar-refractivity contribution in [1.29, 1.82) is 0 Å². The average molecular weight is 519 g/mol. The molecule has 0 fully saturated rings. The summed E-state index contributed by atoms with van der Waals surface area (Å²) in [5.74, 6) is -0.941. The van der Waals surface area contributed by atoms with Gasteiger partial charge in [0.2, 0.25) is 0 Å². The van der Waals surface area contributed by atoms with Crippen molar-refractivity contribution in [3.8, 4) is 27.9 Å². The number of para-hydroxylation sites is 1. The predicted molar refractivity (Wildman–Crippen MR) is 162 cm³/mol. The van der Waals surface area contributed by atoms with Crippen LogP contribution in [-0.4, -0.2) is 20.2 Å². The topological polar surface area (TPSA) is 47.2 Å². The van der Waals surface area contributed by atoms with E-state index >= 15 is 0 Å². The van der Waals surface area contributed by atoms with Crippen molar-refractivity contribution in [2.24, 2.45) is 0 Å². The number of carboxylic acid groups (broad SMARTS) is 1. The number of carboxylic acids is 1. The Morgan fingerprint density at radius 1 is 0.625 bits per heavy atom. The van der Waals surface area contributed by atoms with E-state index in [4.69, 9.17) is 0 Å². The number of hydrogen-bond acceptors (Lipinski definition) is 1. The molecule has 0 atom stereocenters. The molecule has 192 valence electrons. The number of carbonyl (C=O) groups is 1. The van der Waals surface area contributed by atoms with Gasteiger partial charge in [0.25, 0.3) is 0 Å². The van der Waals surface area contributed by atoms with Crippen LogP contribution in [0.3, 0.4) is 0 Å². The van der Waals surface area contributed by atoms with Gasteiger partial charge >= 0.3 is 5.97 Å². The molecule has 7 aromatic rings. The number of hydrogen-bond donors (Lipinski definition) is 1. The Kier molecular flexibility index (Phi) is 5.79. The van der Waals surface area contributed by atoms with Crippen molar-refractivity contribution >= 4 is 27.8 Å². The van der Waals surface area contributed by atoms with Crippen LogP contribution in [0.5, 0.6) is 0 Å². The fraction of sp³-hybridized carbons (Fsp3) is 0.0278. The molecule has 1 N–H and O–H groups in total. The Bertz CT molecular complexity index is 1980. The molecule has 0 bridgehead atoms. The SMILES string of the molecule is O=C(O)c1c(-c2ccccc2)c2cc(-n3ccc4ccccc43)ccc2n1Cc1ccc(-c2ccccc2)cc1. The lowest BCUT2D eigenvalue weighted by Gasteiger charge is -2.11. The third-order valence-corrected chi connectivity index (χ3v) is 7.59. The highest BCUT2D eigenvalue weighted by molar-refractivity contribution is 6.08. The molecule has 0 aliphatic carbocycles. The van der Waals surface area contributed by atoms with Gasteiger partial charge in [-0.3, -0.25) is 0 Å². The third-order valence-electron chi connectivity index (χ3n) is 7.59. The van der Waals surface area contributed by atoms with Gasteiger partial charge < -0.3 is 14.2 Å². The highest BCUT2D eigenvalue weighted by Gasteiger charge is 2.24. The molecule has 0 radical (unpaired) electrons. The molecule has 4 heteroatoms. The first-order valence-electron chi connectivity index (χ1n) is 13.3. The summed E-state index contributed by atoms with van der Waals surface area (Å²) in [6, 6.07) is 45.1. The van der Waals surface area contributed by atoms with E-state index in [1.54, 1.807) is 0 Å². The van der Waals surface area contributed by atoms with Crippen LogP contribution in [0.2, 0.25) is 0 Å². The van der Waals surface area contributed by atoms with Crippen LogP contribution in [0.15, 0.2) is 140 Å². The summed E-state index contributed by atoms with van der Waals surface area (Å²) in [7, 11) is 0. The molecule has 2 aromatic heterocycles. The zero-order valence-electron chi connectivity index (χ0n) is 21.7. The van der Waals surface area contributed by atoms with Crippen molar-refractivity contribution in [1.82, 2.24) is 9.13 Å². The van der Waals surface area contributed by atoms with E-state index in [9.17, 15) is 9.90 Å². The zero-order valence-corrected chi connectivity index (χ0v) is 21.7. The first kappa shape index (κ1) is 23.7. The fourth-order valence-electron chi connectivity index (χ4n) is 5.70. The highest BCUT2D eigenvalue weighted by Crippen LogP contribution is 2.37. The molecule has 0 spiro atoms. The molecule has 0 saturated carbocycles. The maximum atomic E-state index is 12.9. The van der Waals surface area contributed by atoms with Gasteiger partial charge in [0.15, 0.2) is 0 Å². The number of nitrogens with zero attached hydrogens (tertiary/aromatic N) is 2. The number of rotatable bonds is 6. The first-order chi connectivity index (χ1) is 19.7. The van der Waals surface area contributed by atoms with Gasteiger partial charge in [-0.15, -0.1) is 0 Å². The van der Waals surface area contributed by atoms with Crippen LogP contribution in [0, 0.1) is 0 Å². The largest absolute Gasteiger partial charge is 0.477 e. The van der Waals surface area contributed by atoms with Crippen LogP contribution >= 0.6 is 0 Å². The lowest BCUT2D eigenvalue weighted by atomic mass is 10.0. The molecule has 0 aliphatic heterocycles. The summed E-state index contributed by atoms with van der Waals surface area (Å²) in [5, 5.41) is 12.6. The van der Waals surface area contributed by atoms with E-state index < -0.39 is 5.97 Å². The van der Waals surface area contributed by atoms with Gasteiger partial charge in [0.05, 0.1) is 5.52 Å². The summed E-state index contributed by atoms with van der Waals surface area (Å²) in [6.45, 7) is 0.450. The van der Waals surface area contributed by atoms with E-state index in [0.29, 0.717) is 12.2 Å². The van der Waals surface area contributed by atoms with Crippen molar-refractivity contribution in [3.05, 3.63) is 151 Å². The Morgan fingerprint density at radius 3 is 2.00 bits per heavy atom. The summed E-state index contributed by atoms with van der Waals surface area (Å²) in [6.07, 6.45) is 2.07. The minimum Gasteiger partial charge on any atom is -0.477 e. The lowest BCUT2D eigenvalue weighted by Crippen LogP contribution is -2.10. The van der Waals surface area contributed by atoms with Crippen LogP contribution in [-0.2, 0) is 6.54 Å². The summed E-state index contributed by atoms with van der Waals surface area (Å²) >= 11 is 0. The molecular formula is C36H26N2O2. The molecular weight excluding hydrogens is 492 g/mol. The van der Waals surface area contributed by atoms with Crippen molar-refractivity contribution < 1.29 is 9.90 Å². The van der Waals surface area contributed by atoms with E-state index in [1.807, 2.05) is 65.2 Å². The molecule has 4 nitrogen and oxygen atoms in total. The average Bonchev–Trinajstić information content (AvgIpc) is 3.58. The molecule has 0 amide bonds. The smallest absolute Gasteiger partial charge is 0.353 e. The van der Waals surface area contributed by atoms with Crippen LogP contribution in [0.4, 0.5) is 0 Å². The zero-order chi connectivity index (χ0) is 27.1. The summed E-state index contributed by atoms with van der Waals surface area (Å²) in [5.41, 5.74) is 8.24. The molecule has 0 unspecified atom stereocenters. The first-order valence-corrected chi connectivity index (χ1v) is 13.3. The summed E-state index contributed by atoms with van der Waals surface area (Å²) < 4.78 is 4.10. The van der Waals surface area contributed by atoms with Crippen LogP contribution in [0.1, 0.15) is 16.1 Å². The van der Waals surface area contributed by atoms with Crippen molar-refractivity contribution in [3.63, 3.8) is 0 Å². The van der Waals surface area contributed by atoms with Gasteiger partial charge in [0, 0.05) is 34.9 Å². The second kappa shape index (κ2) is 9.75. The fourth-order valence-corrected chi connectivity index (χ4v) is 5.70. The molecule has 0 aliphatic rings. The predicted octanol–water partition coefficient (Wildman–Crippen LogP) is 8.67. The van der Waals surface area contributed by atoms with Gasteiger partial charge in [-0.25, -0.2) is 4.79 Å². The minimum absolute atomic E-state index is 0.294. The van der Waals surface area contributed by atoms with Crippen molar-refractivity contribution in [2.75, 3.05) is 0 Å². The monoisotopic (exact) mass is 518 g/mol. The summed E-state index contributed by atoms with van der Waals surface area (Å²) in [4.78, 5) is 12.9. The van der Waals surface area contributed by atoms with E-state index in [1.165, 1.54) is 0 Å². The number of fused-ring (bicyclic) bond motifs is 2.